The van der Waals surface area contributed by atoms with Gasteiger partial charge in [-0.3, -0.25) is 0 Å². The van der Waals surface area contributed by atoms with Gasteiger partial charge in [-0.25, -0.2) is 0 Å². The molecular formula is C56H105BNO2P. The van der Waals surface area contributed by atoms with Crippen molar-refractivity contribution in [2.75, 3.05) is 0 Å². The van der Waals surface area contributed by atoms with Crippen LogP contribution < -0.4 is 5.73 Å². The topological polar surface area (TPSA) is 60.2 Å². The molecule has 354 valence electrons. The molecule has 0 spiro atoms. The van der Waals surface area contributed by atoms with Crippen LogP contribution in [-0.2, 0) is 27.8 Å². The molecule has 61 heavy (non-hydrogen) atoms. The fourth-order valence-corrected chi connectivity index (χ4v) is 9.98. The van der Waals surface area contributed by atoms with Crippen LogP contribution in [0.1, 0.15) is 313 Å². The van der Waals surface area contributed by atoms with E-state index in [0.29, 0.717) is 0 Å². The standard InChI is InChI=1S/C56H105BNO2P/c1-4-6-8-10-12-14-16-18-20-22-24-26-27-29-31-33-35-37-39-41-43-45-47-53-49-51(56(3,55(58)60)50-54(59)61)48-52(57-53)46-44-42-40-38-36-34-32-30-28-25-23-21-19-17-15-13-11-9-7-5-2/h48-49H,4-47,50,61H2,1-3H3,(H2,58,60). The average Bonchev–Trinajstić information content (AvgIpc) is 3.24. The van der Waals surface area contributed by atoms with E-state index in [4.69, 9.17) is 5.73 Å². The van der Waals surface area contributed by atoms with Gasteiger partial charge in [0.2, 0.25) is 0 Å². The summed E-state index contributed by atoms with van der Waals surface area (Å²) in [4.78, 5) is 25.0. The molecule has 0 saturated heterocycles. The molecule has 0 aliphatic rings. The molecule has 1 aromatic rings. The molecule has 0 aliphatic heterocycles. The minimum atomic E-state index is -0.969. The van der Waals surface area contributed by atoms with E-state index < -0.39 is 11.3 Å². The van der Waals surface area contributed by atoms with Crippen LogP contribution in [0.5, 0.6) is 0 Å². The van der Waals surface area contributed by atoms with Crippen LogP contribution in [0.15, 0.2) is 12.1 Å². The summed E-state index contributed by atoms with van der Waals surface area (Å²) in [5.41, 5.74) is 8.46. The van der Waals surface area contributed by atoms with Crippen molar-refractivity contribution >= 4 is 27.6 Å². The number of unbranched alkanes of at least 4 members (excludes halogenated alkanes) is 40. The van der Waals surface area contributed by atoms with E-state index in [2.05, 4.69) is 42.1 Å². The normalized spacial score (nSPS) is 12.5. The fourth-order valence-electron chi connectivity index (χ4n) is 9.57. The molecule has 1 aromatic heterocycles. The first kappa shape index (κ1) is 58.0. The van der Waals surface area contributed by atoms with Crippen LogP contribution in [0.2, 0.25) is 0 Å². The van der Waals surface area contributed by atoms with Gasteiger partial charge >= 0.3 is 232 Å². The number of hydrogen-bond donors (Lipinski definition) is 1. The molecule has 2 atom stereocenters. The van der Waals surface area contributed by atoms with Crippen molar-refractivity contribution in [1.82, 2.24) is 0 Å². The van der Waals surface area contributed by atoms with Crippen molar-refractivity contribution in [1.29, 1.82) is 0 Å². The Hall–Kier alpha value is -1.02. The van der Waals surface area contributed by atoms with Crippen LogP contribution in [0, 0.1) is 0 Å². The predicted octanol–water partition coefficient (Wildman–Crippen LogP) is 18.1. The molecule has 2 N–H and O–H groups in total. The zero-order chi connectivity index (χ0) is 44.3. The van der Waals surface area contributed by atoms with Gasteiger partial charge in [-0.1, -0.05) is 155 Å². The number of rotatable bonds is 48. The van der Waals surface area contributed by atoms with Gasteiger partial charge in [0.25, 0.3) is 0 Å². The van der Waals surface area contributed by atoms with E-state index in [1.807, 2.05) is 6.92 Å². The van der Waals surface area contributed by atoms with E-state index >= 15 is 0 Å². The summed E-state index contributed by atoms with van der Waals surface area (Å²) >= 11 is 0. The van der Waals surface area contributed by atoms with Crippen molar-refractivity contribution in [3.63, 3.8) is 0 Å². The van der Waals surface area contributed by atoms with Gasteiger partial charge in [-0.05, 0) is 0 Å². The molecule has 0 fully saturated rings. The Morgan fingerprint density at radius 2 is 0.639 bits per heavy atom. The number of carbonyl (C=O) groups is 2. The fraction of sp³-hybridized carbons (Fsp3) is 0.875. The van der Waals surface area contributed by atoms with Crippen LogP contribution in [0.25, 0.3) is 0 Å². The van der Waals surface area contributed by atoms with Gasteiger partial charge in [-0.2, -0.15) is 0 Å². The van der Waals surface area contributed by atoms with Crippen LogP contribution in [-0.4, -0.2) is 18.3 Å². The van der Waals surface area contributed by atoms with Gasteiger partial charge in [0, 0.05) is 0 Å². The van der Waals surface area contributed by atoms with Crippen LogP contribution >= 0.6 is 9.24 Å². The second-order valence-corrected chi connectivity index (χ2v) is 20.7. The van der Waals surface area contributed by atoms with Crippen LogP contribution in [0.3, 0.4) is 0 Å². The number of aryl methyl sites for hydroxylation is 2. The second-order valence-electron chi connectivity index (χ2n) is 20.0. The average molecular weight is 866 g/mol. The first-order valence-corrected chi connectivity index (χ1v) is 28.1. The van der Waals surface area contributed by atoms with E-state index in [0.717, 1.165) is 18.4 Å². The molecule has 1 heterocycles. The number of amides is 1. The van der Waals surface area contributed by atoms with Gasteiger partial charge < -0.3 is 0 Å². The molecule has 1 amide bonds. The number of nitrogens with two attached hydrogens (primary N) is 1. The Morgan fingerprint density at radius 1 is 0.426 bits per heavy atom. The van der Waals surface area contributed by atoms with Gasteiger partial charge in [0.1, 0.15) is 0 Å². The summed E-state index contributed by atoms with van der Waals surface area (Å²) in [5.74, 6) is -0.408. The summed E-state index contributed by atoms with van der Waals surface area (Å²) < 4.78 is 0. The van der Waals surface area contributed by atoms with Gasteiger partial charge in [0.15, 0.2) is 0 Å². The number of carbonyl (C=O) groups excluding carboxylic acids is 2. The summed E-state index contributed by atoms with van der Waals surface area (Å²) in [6, 6.07) is 4.35. The zero-order valence-electron chi connectivity index (χ0n) is 41.5. The Morgan fingerprint density at radius 3 is 0.836 bits per heavy atom. The Labute approximate surface area is 385 Å². The monoisotopic (exact) mass is 866 g/mol. The molecule has 0 aromatic carbocycles. The molecule has 5 heteroatoms. The van der Waals surface area contributed by atoms with E-state index in [-0.39, 0.29) is 11.9 Å². The molecule has 2 unspecified atom stereocenters. The predicted molar refractivity (Wildman–Crippen MR) is 276 cm³/mol. The van der Waals surface area contributed by atoms with E-state index in [9.17, 15) is 9.59 Å². The summed E-state index contributed by atoms with van der Waals surface area (Å²) in [6.07, 6.45) is 61.0. The third kappa shape index (κ3) is 35.0. The van der Waals surface area contributed by atoms with Crippen molar-refractivity contribution in [2.24, 2.45) is 5.73 Å². The maximum atomic E-state index is 12.8. The summed E-state index contributed by atoms with van der Waals surface area (Å²) in [6.45, 7) is 8.83. The molecular weight excluding hydrogens is 760 g/mol. The zero-order valence-corrected chi connectivity index (χ0v) is 42.7. The summed E-state index contributed by atoms with van der Waals surface area (Å²) in [7, 11) is 2.25. The molecule has 0 radical (unpaired) electrons. The summed E-state index contributed by atoms with van der Waals surface area (Å²) in [5, 5.41) is 0. The Balaban J connectivity index is 2.21. The second kappa shape index (κ2) is 42.9. The Kier molecular flexibility index (Phi) is 40.8. The van der Waals surface area contributed by atoms with E-state index in [1.165, 1.54) is 281 Å². The third-order valence-corrected chi connectivity index (χ3v) is 14.1. The van der Waals surface area contributed by atoms with Crippen LogP contribution in [0.4, 0.5) is 0 Å². The quantitative estimate of drug-likeness (QED) is 0.0524. The number of primary amides is 1. The van der Waals surface area contributed by atoms with Crippen molar-refractivity contribution in [2.45, 2.75) is 315 Å². The Bertz CT molecular complexity index is 1140. The molecule has 1 rings (SSSR count). The molecule has 0 aliphatic carbocycles. The van der Waals surface area contributed by atoms with Crippen molar-refractivity contribution < 1.29 is 9.59 Å². The molecule has 0 saturated carbocycles. The molecule has 0 bridgehead atoms. The van der Waals surface area contributed by atoms with Crippen molar-refractivity contribution in [3.8, 4) is 0 Å². The SMILES string of the molecule is CCCCCCCCCCCCCCCCCCCCCCCCc1bc(CCCCCCCCCCCCCCCCCCCCCC)cc(C(C)(CC(=O)P)C(N)=O)c1. The first-order valence-electron chi connectivity index (χ1n) is 27.5. The van der Waals surface area contributed by atoms with Crippen molar-refractivity contribution in [3.05, 3.63) is 28.6 Å². The molecule has 3 nitrogen and oxygen atoms in total. The van der Waals surface area contributed by atoms with Gasteiger partial charge in [-0.15, -0.1) is 0 Å². The first-order chi connectivity index (χ1) is 29.8. The number of hydrogen-bond acceptors (Lipinski definition) is 2. The van der Waals surface area contributed by atoms with E-state index in [1.54, 1.807) is 0 Å². The van der Waals surface area contributed by atoms with Gasteiger partial charge in [0.05, 0.1) is 0 Å². The maximum absolute atomic E-state index is 12.8. The third-order valence-electron chi connectivity index (χ3n) is 13.9. The minimum absolute atomic E-state index is 0.0677.